The quantitative estimate of drug-likeness (QED) is 0.891. The Hall–Kier alpha value is -1.36. The van der Waals surface area contributed by atoms with Crippen molar-refractivity contribution in [3.05, 3.63) is 29.8 Å². The summed E-state index contributed by atoms with van der Waals surface area (Å²) in [7, 11) is -3.88. The molecule has 1 rings (SSSR count). The van der Waals surface area contributed by atoms with E-state index in [1.807, 2.05) is 6.92 Å². The molecular formula is C13H18O4S. The van der Waals surface area contributed by atoms with E-state index in [1.165, 1.54) is 12.1 Å². The van der Waals surface area contributed by atoms with E-state index in [0.29, 0.717) is 0 Å². The molecule has 18 heavy (non-hydrogen) atoms. The van der Waals surface area contributed by atoms with Gasteiger partial charge >= 0.3 is 5.97 Å². The average molecular weight is 270 g/mol. The minimum Gasteiger partial charge on any atom is -0.480 e. The van der Waals surface area contributed by atoms with Gasteiger partial charge in [0.1, 0.15) is 0 Å². The monoisotopic (exact) mass is 270 g/mol. The predicted molar refractivity (Wildman–Crippen MR) is 69.3 cm³/mol. The zero-order valence-corrected chi connectivity index (χ0v) is 11.6. The number of carbonyl (C=O) groups is 1. The van der Waals surface area contributed by atoms with E-state index in [9.17, 15) is 18.3 Å². The van der Waals surface area contributed by atoms with Crippen LogP contribution in [0.3, 0.4) is 0 Å². The van der Waals surface area contributed by atoms with Gasteiger partial charge in [-0.05, 0) is 31.9 Å². The number of sulfone groups is 1. The zero-order valence-electron chi connectivity index (χ0n) is 10.8. The summed E-state index contributed by atoms with van der Waals surface area (Å²) in [6.07, 6.45) is 0.101. The van der Waals surface area contributed by atoms with Gasteiger partial charge in [-0.3, -0.25) is 4.79 Å². The van der Waals surface area contributed by atoms with Crippen molar-refractivity contribution in [1.29, 1.82) is 0 Å². The summed E-state index contributed by atoms with van der Waals surface area (Å²) in [6, 6.07) is 6.27. The Morgan fingerprint density at radius 3 is 1.94 bits per heavy atom. The maximum absolute atomic E-state index is 12.5. The molecule has 5 heteroatoms. The molecule has 1 N–H and O–H groups in total. The standard InChI is InChI=1S/C13H18O4S/c1-4-13(5-2,12(14)15)18(16,17)11-8-6-10(3)7-9-11/h6-9H,4-5H2,1-3H3,(H,14,15). The van der Waals surface area contributed by atoms with E-state index < -0.39 is 20.6 Å². The lowest BCUT2D eigenvalue weighted by molar-refractivity contribution is -0.140. The maximum Gasteiger partial charge on any atom is 0.325 e. The smallest absolute Gasteiger partial charge is 0.325 e. The summed E-state index contributed by atoms with van der Waals surface area (Å²) in [6.45, 7) is 5.02. The molecule has 0 heterocycles. The van der Waals surface area contributed by atoms with Crippen molar-refractivity contribution in [3.63, 3.8) is 0 Å². The van der Waals surface area contributed by atoms with Crippen molar-refractivity contribution < 1.29 is 18.3 Å². The Kier molecular flexibility index (Phi) is 4.16. The number of aryl methyl sites for hydroxylation is 1. The van der Waals surface area contributed by atoms with Gasteiger partial charge in [0.25, 0.3) is 0 Å². The molecule has 1 aromatic carbocycles. The molecule has 100 valence electrons. The Morgan fingerprint density at radius 1 is 1.17 bits per heavy atom. The van der Waals surface area contributed by atoms with E-state index in [4.69, 9.17) is 0 Å². The van der Waals surface area contributed by atoms with Crippen LogP contribution in [0.4, 0.5) is 0 Å². The molecule has 0 aliphatic rings. The SMILES string of the molecule is CCC(CC)(C(=O)O)S(=O)(=O)c1ccc(C)cc1. The Labute approximate surface area is 108 Å². The number of hydrogen-bond donors (Lipinski definition) is 1. The van der Waals surface area contributed by atoms with Crippen LogP contribution in [0.5, 0.6) is 0 Å². The highest BCUT2D eigenvalue weighted by atomic mass is 32.2. The largest absolute Gasteiger partial charge is 0.480 e. The molecule has 0 spiro atoms. The van der Waals surface area contributed by atoms with Gasteiger partial charge in [0, 0.05) is 0 Å². The lowest BCUT2D eigenvalue weighted by atomic mass is 10.0. The summed E-state index contributed by atoms with van der Waals surface area (Å²) in [5.74, 6) is -1.28. The number of benzene rings is 1. The van der Waals surface area contributed by atoms with Crippen molar-refractivity contribution in [2.24, 2.45) is 0 Å². The summed E-state index contributed by atoms with van der Waals surface area (Å²) < 4.78 is 23.2. The molecule has 0 aromatic heterocycles. The second-order valence-corrected chi connectivity index (χ2v) is 6.58. The lowest BCUT2D eigenvalue weighted by Crippen LogP contribution is -2.45. The van der Waals surface area contributed by atoms with Crippen LogP contribution in [-0.2, 0) is 14.6 Å². The van der Waals surface area contributed by atoms with Crippen molar-refractivity contribution in [2.75, 3.05) is 0 Å². The number of aliphatic carboxylic acids is 1. The highest BCUT2D eigenvalue weighted by molar-refractivity contribution is 7.93. The number of rotatable bonds is 5. The molecule has 1 aromatic rings. The van der Waals surface area contributed by atoms with E-state index in [0.717, 1.165) is 5.56 Å². The molecule has 0 unspecified atom stereocenters. The average Bonchev–Trinajstić information content (AvgIpc) is 2.31. The van der Waals surface area contributed by atoms with Gasteiger partial charge in [-0.15, -0.1) is 0 Å². The van der Waals surface area contributed by atoms with Gasteiger partial charge in [-0.1, -0.05) is 31.5 Å². The van der Waals surface area contributed by atoms with Crippen molar-refractivity contribution in [1.82, 2.24) is 0 Å². The Bertz CT molecular complexity index is 525. The summed E-state index contributed by atoms with van der Waals surface area (Å²) in [4.78, 5) is 11.5. The Balaban J connectivity index is 3.44. The predicted octanol–water partition coefficient (Wildman–Crippen LogP) is 2.41. The zero-order chi connectivity index (χ0) is 14.0. The van der Waals surface area contributed by atoms with E-state index >= 15 is 0 Å². The first-order valence-corrected chi connectivity index (χ1v) is 7.35. The van der Waals surface area contributed by atoms with Crippen molar-refractivity contribution in [2.45, 2.75) is 43.3 Å². The maximum atomic E-state index is 12.5. The van der Waals surface area contributed by atoms with Crippen LogP contribution in [-0.4, -0.2) is 24.2 Å². The first-order chi connectivity index (χ1) is 8.31. The fourth-order valence-corrected chi connectivity index (χ4v) is 3.93. The fourth-order valence-electron chi connectivity index (χ4n) is 1.99. The van der Waals surface area contributed by atoms with Crippen LogP contribution < -0.4 is 0 Å². The first-order valence-electron chi connectivity index (χ1n) is 5.86. The van der Waals surface area contributed by atoms with Crippen LogP contribution in [0.2, 0.25) is 0 Å². The minimum absolute atomic E-state index is 0.0506. The van der Waals surface area contributed by atoms with E-state index in [1.54, 1.807) is 26.0 Å². The lowest BCUT2D eigenvalue weighted by Gasteiger charge is -2.26. The van der Waals surface area contributed by atoms with Gasteiger partial charge in [0.05, 0.1) is 4.90 Å². The van der Waals surface area contributed by atoms with Gasteiger partial charge in [0.2, 0.25) is 0 Å². The number of carboxylic acids is 1. The van der Waals surface area contributed by atoms with Crippen LogP contribution >= 0.6 is 0 Å². The molecule has 0 atom stereocenters. The van der Waals surface area contributed by atoms with Crippen LogP contribution in [0.25, 0.3) is 0 Å². The van der Waals surface area contributed by atoms with Crippen LogP contribution in [0, 0.1) is 6.92 Å². The fraction of sp³-hybridized carbons (Fsp3) is 0.462. The highest BCUT2D eigenvalue weighted by Crippen LogP contribution is 2.32. The third-order valence-electron chi connectivity index (χ3n) is 3.38. The second-order valence-electron chi connectivity index (χ2n) is 4.32. The molecule has 0 aliphatic carbocycles. The molecule has 0 saturated carbocycles. The van der Waals surface area contributed by atoms with Crippen LogP contribution in [0.1, 0.15) is 32.3 Å². The molecule has 0 aliphatic heterocycles. The van der Waals surface area contributed by atoms with Gasteiger partial charge in [-0.25, -0.2) is 8.42 Å². The van der Waals surface area contributed by atoms with Crippen molar-refractivity contribution in [3.8, 4) is 0 Å². The third kappa shape index (κ3) is 2.14. The van der Waals surface area contributed by atoms with Gasteiger partial charge < -0.3 is 5.11 Å². The number of hydrogen-bond acceptors (Lipinski definition) is 3. The van der Waals surface area contributed by atoms with Gasteiger partial charge in [-0.2, -0.15) is 0 Å². The van der Waals surface area contributed by atoms with Gasteiger partial charge in [0.15, 0.2) is 14.6 Å². The molecule has 0 amide bonds. The molecule has 0 bridgehead atoms. The van der Waals surface area contributed by atoms with Crippen molar-refractivity contribution >= 4 is 15.8 Å². The first kappa shape index (κ1) is 14.7. The molecule has 4 nitrogen and oxygen atoms in total. The highest BCUT2D eigenvalue weighted by Gasteiger charge is 2.48. The normalized spacial score (nSPS) is 12.4. The molecule has 0 fully saturated rings. The van der Waals surface area contributed by atoms with Crippen LogP contribution in [0.15, 0.2) is 29.2 Å². The van der Waals surface area contributed by atoms with E-state index in [2.05, 4.69) is 0 Å². The molecular weight excluding hydrogens is 252 g/mol. The third-order valence-corrected chi connectivity index (χ3v) is 6.05. The summed E-state index contributed by atoms with van der Waals surface area (Å²) >= 11 is 0. The summed E-state index contributed by atoms with van der Waals surface area (Å²) in [5, 5.41) is 9.30. The Morgan fingerprint density at radius 2 is 1.61 bits per heavy atom. The second kappa shape index (κ2) is 5.10. The molecule has 0 radical (unpaired) electrons. The minimum atomic E-state index is -3.88. The van der Waals surface area contributed by atoms with E-state index in [-0.39, 0.29) is 17.7 Å². The topological polar surface area (TPSA) is 71.4 Å². The number of carboxylic acid groups (broad SMARTS) is 1. The summed E-state index contributed by atoms with van der Waals surface area (Å²) in [5.41, 5.74) is 0.933. The molecule has 0 saturated heterocycles.